The Balaban J connectivity index is 1.54. The summed E-state index contributed by atoms with van der Waals surface area (Å²) in [4.78, 5) is 14.9. The van der Waals surface area contributed by atoms with E-state index in [1.165, 1.54) is 12.8 Å². The molecule has 3 rings (SSSR count). The van der Waals surface area contributed by atoms with Crippen molar-refractivity contribution in [2.45, 2.75) is 25.8 Å². The smallest absolute Gasteiger partial charge is 0.231 e. The summed E-state index contributed by atoms with van der Waals surface area (Å²) in [6, 6.07) is 0. The van der Waals surface area contributed by atoms with Crippen molar-refractivity contribution < 1.29 is 0 Å². The van der Waals surface area contributed by atoms with Crippen LogP contribution < -0.4 is 16.0 Å². The Morgan fingerprint density at radius 2 is 2.05 bits per heavy atom. The van der Waals surface area contributed by atoms with Crippen LogP contribution in [-0.2, 0) is 6.54 Å². The van der Waals surface area contributed by atoms with E-state index < -0.39 is 0 Å². The van der Waals surface area contributed by atoms with Gasteiger partial charge in [-0.1, -0.05) is 5.21 Å². The summed E-state index contributed by atoms with van der Waals surface area (Å²) in [5, 5.41) is 10.9. The van der Waals surface area contributed by atoms with Crippen LogP contribution in [0.4, 0.5) is 17.8 Å². The summed E-state index contributed by atoms with van der Waals surface area (Å²) < 4.78 is 1.79. The van der Waals surface area contributed by atoms with Gasteiger partial charge in [0.25, 0.3) is 0 Å². The van der Waals surface area contributed by atoms with Gasteiger partial charge in [0.1, 0.15) is 0 Å². The standard InChI is InChI=1S/C12H19N9/c13-10-16-11(14-4-3-8-21-9-5-15-19-21)18-12(17-10)20-6-1-2-7-20/h5,9H,1-4,6-8H2,(H3,13,14,16,17,18). The van der Waals surface area contributed by atoms with Crippen LogP contribution in [0.5, 0.6) is 0 Å². The van der Waals surface area contributed by atoms with E-state index in [1.807, 2.05) is 6.20 Å². The molecule has 3 N–H and O–H groups in total. The molecular weight excluding hydrogens is 270 g/mol. The van der Waals surface area contributed by atoms with Crippen molar-refractivity contribution in [3.63, 3.8) is 0 Å². The Hall–Kier alpha value is -2.45. The first-order chi connectivity index (χ1) is 10.3. The van der Waals surface area contributed by atoms with Crippen molar-refractivity contribution >= 4 is 17.8 Å². The van der Waals surface area contributed by atoms with Gasteiger partial charge in [-0.3, -0.25) is 4.68 Å². The molecule has 0 amide bonds. The van der Waals surface area contributed by atoms with Gasteiger partial charge in [-0.2, -0.15) is 15.0 Å². The topological polar surface area (TPSA) is 111 Å². The first-order valence-electron chi connectivity index (χ1n) is 7.16. The highest BCUT2D eigenvalue weighted by Gasteiger charge is 2.16. The zero-order chi connectivity index (χ0) is 14.5. The third-order valence-electron chi connectivity index (χ3n) is 3.35. The number of nitrogens with two attached hydrogens (primary N) is 1. The molecule has 0 aliphatic carbocycles. The highest BCUT2D eigenvalue weighted by molar-refractivity contribution is 5.42. The van der Waals surface area contributed by atoms with Crippen LogP contribution in [0.15, 0.2) is 12.4 Å². The molecule has 0 aromatic carbocycles. The van der Waals surface area contributed by atoms with Gasteiger partial charge in [0, 0.05) is 32.4 Å². The molecule has 0 bridgehead atoms. The zero-order valence-corrected chi connectivity index (χ0v) is 11.8. The normalized spacial score (nSPS) is 14.6. The van der Waals surface area contributed by atoms with Crippen molar-refractivity contribution in [1.29, 1.82) is 0 Å². The van der Waals surface area contributed by atoms with Crippen molar-refractivity contribution in [3.8, 4) is 0 Å². The SMILES string of the molecule is Nc1nc(NCCCn2ccnn2)nc(N2CCCC2)n1. The Kier molecular flexibility index (Phi) is 4.08. The summed E-state index contributed by atoms with van der Waals surface area (Å²) in [6.45, 7) is 3.50. The fraction of sp³-hybridized carbons (Fsp3) is 0.583. The monoisotopic (exact) mass is 289 g/mol. The Morgan fingerprint density at radius 1 is 1.19 bits per heavy atom. The summed E-state index contributed by atoms with van der Waals surface area (Å²) >= 11 is 0. The average molecular weight is 289 g/mol. The number of nitrogens with one attached hydrogen (secondary N) is 1. The second-order valence-electron chi connectivity index (χ2n) is 4.96. The number of rotatable bonds is 6. The lowest BCUT2D eigenvalue weighted by atomic mass is 10.4. The van der Waals surface area contributed by atoms with E-state index in [0.29, 0.717) is 11.9 Å². The second-order valence-corrected chi connectivity index (χ2v) is 4.96. The molecule has 9 heteroatoms. The minimum absolute atomic E-state index is 0.255. The predicted octanol–water partition coefficient (Wildman–Crippen LogP) is 0.148. The summed E-state index contributed by atoms with van der Waals surface area (Å²) in [5.74, 6) is 1.45. The van der Waals surface area contributed by atoms with Crippen LogP contribution >= 0.6 is 0 Å². The molecule has 9 nitrogen and oxygen atoms in total. The van der Waals surface area contributed by atoms with Gasteiger partial charge < -0.3 is 16.0 Å². The van der Waals surface area contributed by atoms with E-state index in [2.05, 4.69) is 35.5 Å². The fourth-order valence-corrected chi connectivity index (χ4v) is 2.31. The van der Waals surface area contributed by atoms with E-state index >= 15 is 0 Å². The van der Waals surface area contributed by atoms with Crippen LogP contribution in [0.1, 0.15) is 19.3 Å². The lowest BCUT2D eigenvalue weighted by molar-refractivity contribution is 0.569. The summed E-state index contributed by atoms with van der Waals surface area (Å²) in [5.41, 5.74) is 5.76. The summed E-state index contributed by atoms with van der Waals surface area (Å²) in [6.07, 6.45) is 6.75. The Bertz CT molecular complexity index is 562. The minimum Gasteiger partial charge on any atom is -0.368 e. The lowest BCUT2D eigenvalue weighted by Gasteiger charge is -2.16. The Morgan fingerprint density at radius 3 is 2.81 bits per heavy atom. The molecule has 0 atom stereocenters. The van der Waals surface area contributed by atoms with Crippen molar-refractivity contribution in [2.75, 3.05) is 35.6 Å². The van der Waals surface area contributed by atoms with Gasteiger partial charge >= 0.3 is 0 Å². The quantitative estimate of drug-likeness (QED) is 0.723. The molecule has 1 fully saturated rings. The fourth-order valence-electron chi connectivity index (χ4n) is 2.31. The predicted molar refractivity (Wildman–Crippen MR) is 78.8 cm³/mol. The van der Waals surface area contributed by atoms with E-state index in [9.17, 15) is 0 Å². The largest absolute Gasteiger partial charge is 0.368 e. The zero-order valence-electron chi connectivity index (χ0n) is 11.8. The number of nitrogens with zero attached hydrogens (tertiary/aromatic N) is 7. The molecule has 2 aromatic heterocycles. The first-order valence-corrected chi connectivity index (χ1v) is 7.16. The molecule has 1 aliphatic heterocycles. The van der Waals surface area contributed by atoms with Gasteiger partial charge in [-0.15, -0.1) is 5.10 Å². The van der Waals surface area contributed by atoms with Crippen molar-refractivity contribution in [2.24, 2.45) is 0 Å². The van der Waals surface area contributed by atoms with Crippen LogP contribution in [-0.4, -0.2) is 49.6 Å². The first kappa shape index (κ1) is 13.5. The third kappa shape index (κ3) is 3.56. The molecule has 21 heavy (non-hydrogen) atoms. The molecule has 1 saturated heterocycles. The molecule has 0 spiro atoms. The highest BCUT2D eigenvalue weighted by atomic mass is 15.4. The lowest BCUT2D eigenvalue weighted by Crippen LogP contribution is -2.22. The van der Waals surface area contributed by atoms with E-state index in [0.717, 1.165) is 32.6 Å². The van der Waals surface area contributed by atoms with Crippen LogP contribution in [0.3, 0.4) is 0 Å². The van der Waals surface area contributed by atoms with Gasteiger partial charge in [0.05, 0.1) is 6.20 Å². The molecule has 1 aliphatic rings. The van der Waals surface area contributed by atoms with E-state index in [4.69, 9.17) is 5.73 Å². The number of aryl methyl sites for hydroxylation is 1. The minimum atomic E-state index is 0.255. The van der Waals surface area contributed by atoms with E-state index in [-0.39, 0.29) is 5.95 Å². The molecule has 112 valence electrons. The molecule has 0 radical (unpaired) electrons. The maximum Gasteiger partial charge on any atom is 0.231 e. The van der Waals surface area contributed by atoms with Crippen LogP contribution in [0.25, 0.3) is 0 Å². The number of aromatic nitrogens is 6. The third-order valence-corrected chi connectivity index (χ3v) is 3.35. The average Bonchev–Trinajstić information content (AvgIpc) is 3.16. The maximum absolute atomic E-state index is 5.76. The van der Waals surface area contributed by atoms with Gasteiger partial charge in [-0.25, -0.2) is 0 Å². The molecule has 3 heterocycles. The number of anilines is 3. The number of nitrogen functional groups attached to an aromatic ring is 1. The van der Waals surface area contributed by atoms with Crippen molar-refractivity contribution in [1.82, 2.24) is 29.9 Å². The number of hydrogen-bond donors (Lipinski definition) is 2. The number of hydrogen-bond acceptors (Lipinski definition) is 8. The van der Waals surface area contributed by atoms with Crippen LogP contribution in [0.2, 0.25) is 0 Å². The summed E-state index contributed by atoms with van der Waals surface area (Å²) in [7, 11) is 0. The molecular formula is C12H19N9. The second kappa shape index (κ2) is 6.33. The van der Waals surface area contributed by atoms with Crippen LogP contribution in [0, 0.1) is 0 Å². The Labute approximate surface area is 122 Å². The molecule has 0 unspecified atom stereocenters. The maximum atomic E-state index is 5.76. The van der Waals surface area contributed by atoms with Crippen molar-refractivity contribution in [3.05, 3.63) is 12.4 Å². The van der Waals surface area contributed by atoms with Gasteiger partial charge in [-0.05, 0) is 19.3 Å². The van der Waals surface area contributed by atoms with Gasteiger partial charge in [0.2, 0.25) is 17.8 Å². The molecule has 2 aromatic rings. The highest BCUT2D eigenvalue weighted by Crippen LogP contribution is 2.17. The van der Waals surface area contributed by atoms with E-state index in [1.54, 1.807) is 10.9 Å². The van der Waals surface area contributed by atoms with Gasteiger partial charge in [0.15, 0.2) is 0 Å². The molecule has 0 saturated carbocycles.